The fourth-order valence-corrected chi connectivity index (χ4v) is 2.17. The Morgan fingerprint density at radius 2 is 2.00 bits per heavy atom. The third-order valence-electron chi connectivity index (χ3n) is 3.50. The molecule has 0 aromatic heterocycles. The van der Waals surface area contributed by atoms with Crippen LogP contribution >= 0.6 is 17.0 Å². The maximum absolute atomic E-state index is 11.8. The van der Waals surface area contributed by atoms with Gasteiger partial charge in [-0.1, -0.05) is 38.7 Å². The van der Waals surface area contributed by atoms with E-state index in [4.69, 9.17) is 10.5 Å². The average molecular weight is 375 g/mol. The minimum atomic E-state index is -0.446. The lowest BCUT2D eigenvalue weighted by Gasteiger charge is -2.29. The van der Waals surface area contributed by atoms with E-state index in [2.05, 4.69) is 6.92 Å². The molecule has 0 saturated carbocycles. The molecule has 1 aliphatic heterocycles. The number of unbranched alkanes of at least 4 members (excludes halogenated alkanes) is 4. The van der Waals surface area contributed by atoms with Crippen LogP contribution in [0, 0.1) is 0 Å². The highest BCUT2D eigenvalue weighted by Gasteiger charge is 2.19. The summed E-state index contributed by atoms with van der Waals surface area (Å²) in [6.07, 6.45) is 10.8. The van der Waals surface area contributed by atoms with Crippen molar-refractivity contribution in [1.82, 2.24) is 4.90 Å². The third kappa shape index (κ3) is 7.64. The van der Waals surface area contributed by atoms with Gasteiger partial charge in [-0.2, -0.15) is 0 Å². The van der Waals surface area contributed by atoms with Crippen LogP contribution in [0.4, 0.5) is 0 Å². The van der Waals surface area contributed by atoms with Crippen LogP contribution in [0.15, 0.2) is 23.9 Å². The Bertz CT molecular complexity index is 422. The van der Waals surface area contributed by atoms with Crippen molar-refractivity contribution < 1.29 is 14.3 Å². The minimum Gasteiger partial charge on any atom is -0.442 e. The Labute approximate surface area is 143 Å². The van der Waals surface area contributed by atoms with Crippen molar-refractivity contribution in [2.75, 3.05) is 6.54 Å². The number of carbonyl (C=O) groups excluding carboxylic acids is 2. The fourth-order valence-electron chi connectivity index (χ4n) is 2.17. The number of nitrogens with two attached hydrogens (primary N) is 1. The molecule has 6 heteroatoms. The lowest BCUT2D eigenvalue weighted by molar-refractivity contribution is -0.155. The van der Waals surface area contributed by atoms with Gasteiger partial charge in [0.25, 0.3) is 0 Å². The van der Waals surface area contributed by atoms with E-state index in [0.29, 0.717) is 18.5 Å². The van der Waals surface area contributed by atoms with Crippen LogP contribution < -0.4 is 5.73 Å². The molecule has 2 N–H and O–H groups in total. The number of carbonyl (C=O) groups is 2. The Morgan fingerprint density at radius 1 is 1.32 bits per heavy atom. The summed E-state index contributed by atoms with van der Waals surface area (Å²) in [7, 11) is 0. The highest BCUT2D eigenvalue weighted by Crippen LogP contribution is 2.13. The van der Waals surface area contributed by atoms with Crippen LogP contribution in [0.1, 0.15) is 52.4 Å². The first-order chi connectivity index (χ1) is 10.0. The van der Waals surface area contributed by atoms with Gasteiger partial charge in [0.1, 0.15) is 0 Å². The SMILES string of the molecule is Br.CCCCCCCC(=O)OC(C)N1C=CC=C(C(N)=O)C1. The zero-order valence-corrected chi connectivity index (χ0v) is 15.1. The smallest absolute Gasteiger partial charge is 0.307 e. The number of nitrogens with zero attached hydrogens (tertiary/aromatic N) is 1. The molecule has 0 bridgehead atoms. The molecule has 0 aromatic carbocycles. The molecular weight excluding hydrogens is 348 g/mol. The van der Waals surface area contributed by atoms with Crippen molar-refractivity contribution in [3.63, 3.8) is 0 Å². The number of esters is 1. The first-order valence-corrected chi connectivity index (χ1v) is 7.67. The normalized spacial score (nSPS) is 14.8. The maximum atomic E-state index is 11.8. The molecule has 22 heavy (non-hydrogen) atoms. The van der Waals surface area contributed by atoms with Crippen molar-refractivity contribution in [3.05, 3.63) is 23.9 Å². The summed E-state index contributed by atoms with van der Waals surface area (Å²) < 4.78 is 5.38. The van der Waals surface area contributed by atoms with Crippen LogP contribution in [-0.4, -0.2) is 29.5 Å². The topological polar surface area (TPSA) is 72.6 Å². The number of allylic oxidation sites excluding steroid dienone is 2. The van der Waals surface area contributed by atoms with Gasteiger partial charge in [-0.05, 0) is 19.4 Å². The van der Waals surface area contributed by atoms with Crippen molar-refractivity contribution in [3.8, 4) is 0 Å². The van der Waals surface area contributed by atoms with E-state index in [1.807, 2.05) is 0 Å². The second-order valence-electron chi connectivity index (χ2n) is 5.32. The summed E-state index contributed by atoms with van der Waals surface area (Å²) in [4.78, 5) is 24.7. The lowest BCUT2D eigenvalue weighted by atomic mass is 10.1. The zero-order valence-electron chi connectivity index (χ0n) is 13.4. The second-order valence-corrected chi connectivity index (χ2v) is 5.32. The van der Waals surface area contributed by atoms with E-state index >= 15 is 0 Å². The maximum Gasteiger partial charge on any atom is 0.307 e. The van der Waals surface area contributed by atoms with Gasteiger partial charge in [0.05, 0.1) is 6.54 Å². The Balaban J connectivity index is 0.00000441. The number of halogens is 1. The Kier molecular flexibility index (Phi) is 10.6. The molecule has 1 heterocycles. The molecule has 1 aliphatic rings. The van der Waals surface area contributed by atoms with Crippen LogP contribution in [-0.2, 0) is 14.3 Å². The van der Waals surface area contributed by atoms with E-state index in [1.165, 1.54) is 19.3 Å². The molecule has 5 nitrogen and oxygen atoms in total. The van der Waals surface area contributed by atoms with Gasteiger partial charge in [-0.3, -0.25) is 9.59 Å². The van der Waals surface area contributed by atoms with E-state index in [1.54, 1.807) is 30.2 Å². The molecular formula is C16H27BrN2O3. The minimum absolute atomic E-state index is 0. The molecule has 0 radical (unpaired) electrons. The summed E-state index contributed by atoms with van der Waals surface area (Å²) in [6, 6.07) is 0. The van der Waals surface area contributed by atoms with Crippen molar-refractivity contribution in [1.29, 1.82) is 0 Å². The number of hydrogen-bond donors (Lipinski definition) is 1. The van der Waals surface area contributed by atoms with Gasteiger partial charge in [-0.25, -0.2) is 0 Å². The molecule has 0 spiro atoms. The highest BCUT2D eigenvalue weighted by molar-refractivity contribution is 8.93. The molecule has 1 rings (SSSR count). The first kappa shape index (κ1) is 20.7. The molecule has 126 valence electrons. The van der Waals surface area contributed by atoms with Crippen LogP contribution in [0.2, 0.25) is 0 Å². The van der Waals surface area contributed by atoms with Crippen LogP contribution in [0.3, 0.4) is 0 Å². The summed E-state index contributed by atoms with van der Waals surface area (Å²) in [5.74, 6) is -0.638. The number of primary amides is 1. The molecule has 0 fully saturated rings. The molecule has 0 aliphatic carbocycles. The van der Waals surface area contributed by atoms with Crippen LogP contribution in [0.5, 0.6) is 0 Å². The molecule has 0 aromatic rings. The van der Waals surface area contributed by atoms with E-state index in [0.717, 1.165) is 12.8 Å². The van der Waals surface area contributed by atoms with Crippen molar-refractivity contribution >= 4 is 28.9 Å². The van der Waals surface area contributed by atoms with Gasteiger partial charge in [-0.15, -0.1) is 17.0 Å². The second kappa shape index (κ2) is 11.3. The summed E-state index contributed by atoms with van der Waals surface area (Å²) in [5.41, 5.74) is 5.77. The molecule has 0 saturated heterocycles. The van der Waals surface area contributed by atoms with Gasteiger partial charge < -0.3 is 15.4 Å². The zero-order chi connectivity index (χ0) is 15.7. The number of ether oxygens (including phenoxy) is 1. The van der Waals surface area contributed by atoms with Gasteiger partial charge >= 0.3 is 5.97 Å². The molecule has 1 atom stereocenters. The first-order valence-electron chi connectivity index (χ1n) is 7.67. The largest absolute Gasteiger partial charge is 0.442 e. The van der Waals surface area contributed by atoms with Gasteiger partial charge in [0.15, 0.2) is 6.23 Å². The Hall–Kier alpha value is -1.30. The number of amides is 1. The Morgan fingerprint density at radius 3 is 2.64 bits per heavy atom. The molecule has 1 amide bonds. The summed E-state index contributed by atoms with van der Waals surface area (Å²) >= 11 is 0. The van der Waals surface area contributed by atoms with E-state index < -0.39 is 12.1 Å². The van der Waals surface area contributed by atoms with E-state index in [-0.39, 0.29) is 23.0 Å². The van der Waals surface area contributed by atoms with Gasteiger partial charge in [0, 0.05) is 18.2 Å². The molecule has 1 unspecified atom stereocenters. The summed E-state index contributed by atoms with van der Waals surface area (Å²) in [5, 5.41) is 0. The quantitative estimate of drug-likeness (QED) is 0.497. The summed E-state index contributed by atoms with van der Waals surface area (Å²) in [6.45, 7) is 4.33. The highest BCUT2D eigenvalue weighted by atomic mass is 79.9. The number of hydrogen-bond acceptors (Lipinski definition) is 4. The predicted octanol–water partition coefficient (Wildman–Crippen LogP) is 3.05. The van der Waals surface area contributed by atoms with Gasteiger partial charge in [0.2, 0.25) is 5.91 Å². The van der Waals surface area contributed by atoms with Crippen LogP contribution in [0.25, 0.3) is 0 Å². The van der Waals surface area contributed by atoms with Crippen molar-refractivity contribution in [2.24, 2.45) is 5.73 Å². The average Bonchev–Trinajstić information content (AvgIpc) is 2.47. The fraction of sp³-hybridized carbons (Fsp3) is 0.625. The van der Waals surface area contributed by atoms with E-state index in [9.17, 15) is 9.59 Å². The third-order valence-corrected chi connectivity index (χ3v) is 3.50. The monoisotopic (exact) mass is 374 g/mol. The standard InChI is InChI=1S/C16H26N2O3.BrH/c1-3-4-5-6-7-10-15(19)21-13(2)18-11-8-9-14(12-18)16(17)20;/h8-9,11,13H,3-7,10,12H2,1-2H3,(H2,17,20);1H. The predicted molar refractivity (Wildman–Crippen MR) is 92.4 cm³/mol. The number of rotatable bonds is 9. The van der Waals surface area contributed by atoms with Crippen molar-refractivity contribution in [2.45, 2.75) is 58.6 Å². The lowest BCUT2D eigenvalue weighted by Crippen LogP contribution is -2.37.